The number of thiol groups is 1. The Balaban J connectivity index is 2.69. The third-order valence-electron chi connectivity index (χ3n) is 3.56. The van der Waals surface area contributed by atoms with Crippen molar-refractivity contribution < 1.29 is 5.11 Å². The minimum atomic E-state index is -0.759. The van der Waals surface area contributed by atoms with Crippen molar-refractivity contribution in [2.24, 2.45) is 5.92 Å². The maximum absolute atomic E-state index is 10.7. The summed E-state index contributed by atoms with van der Waals surface area (Å²) in [4.78, 5) is 0.951. The first kappa shape index (κ1) is 17.1. The van der Waals surface area contributed by atoms with E-state index in [2.05, 4.69) is 56.0 Å². The molecule has 110 valence electrons. The quantitative estimate of drug-likeness (QED) is 0.522. The number of hydrogen-bond acceptors (Lipinski definition) is 2. The molecule has 0 heterocycles. The van der Waals surface area contributed by atoms with Crippen LogP contribution in [0.5, 0.6) is 0 Å². The van der Waals surface area contributed by atoms with E-state index in [9.17, 15) is 5.11 Å². The molecule has 1 rings (SSSR count). The van der Waals surface area contributed by atoms with Crippen LogP contribution in [0.1, 0.15) is 40.0 Å². The highest BCUT2D eigenvalue weighted by atomic mass is 32.1. The third kappa shape index (κ3) is 5.98. The zero-order valence-corrected chi connectivity index (χ0v) is 13.6. The normalized spacial score (nSPS) is 20.6. The van der Waals surface area contributed by atoms with Crippen LogP contribution >= 0.6 is 12.6 Å². The maximum atomic E-state index is 10.7. The van der Waals surface area contributed by atoms with Crippen molar-refractivity contribution in [2.75, 3.05) is 0 Å². The molecule has 0 aromatic heterocycles. The zero-order chi connectivity index (χ0) is 15.0. The van der Waals surface area contributed by atoms with E-state index in [1.165, 1.54) is 5.57 Å². The summed E-state index contributed by atoms with van der Waals surface area (Å²) in [5.41, 5.74) is 0.407. The van der Waals surface area contributed by atoms with Crippen LogP contribution < -0.4 is 0 Å². The fraction of sp³-hybridized carbons (Fsp3) is 0.444. The Labute approximate surface area is 128 Å². The van der Waals surface area contributed by atoms with Crippen molar-refractivity contribution in [3.63, 3.8) is 0 Å². The van der Waals surface area contributed by atoms with Gasteiger partial charge in [-0.1, -0.05) is 62.5 Å². The van der Waals surface area contributed by atoms with E-state index < -0.39 is 5.60 Å². The molecule has 1 nitrogen and oxygen atoms in total. The van der Waals surface area contributed by atoms with Crippen LogP contribution in [-0.2, 0) is 0 Å². The summed E-state index contributed by atoms with van der Waals surface area (Å²) in [6.07, 6.45) is 19.1. The van der Waals surface area contributed by atoms with Gasteiger partial charge in [-0.25, -0.2) is 0 Å². The molecule has 0 fully saturated rings. The molecule has 0 aromatic carbocycles. The molecule has 0 aromatic rings. The van der Waals surface area contributed by atoms with Gasteiger partial charge in [-0.2, -0.15) is 0 Å². The maximum Gasteiger partial charge on any atom is 0.0719 e. The van der Waals surface area contributed by atoms with Crippen molar-refractivity contribution in [2.45, 2.75) is 45.6 Å². The third-order valence-corrected chi connectivity index (χ3v) is 3.89. The van der Waals surface area contributed by atoms with Gasteiger partial charge in [0, 0.05) is 12.3 Å². The summed E-state index contributed by atoms with van der Waals surface area (Å²) in [6, 6.07) is 0. The molecule has 0 spiro atoms. The van der Waals surface area contributed by atoms with Gasteiger partial charge in [0.2, 0.25) is 0 Å². The predicted molar refractivity (Wildman–Crippen MR) is 91.9 cm³/mol. The van der Waals surface area contributed by atoms with E-state index in [-0.39, 0.29) is 5.92 Å². The number of allylic oxidation sites excluding steroid dienone is 7. The molecule has 1 aliphatic carbocycles. The molecule has 1 aliphatic rings. The molecule has 0 bridgehead atoms. The molecular formula is C18H26OS. The number of rotatable bonds is 6. The van der Waals surface area contributed by atoms with Crippen LogP contribution in [0.3, 0.4) is 0 Å². The first-order chi connectivity index (χ1) is 9.45. The SMILES string of the molecule is CC/C=C(S)\C=C/C(C)C(C)(O)CC1=CC=CCC=C1. The van der Waals surface area contributed by atoms with Gasteiger partial charge in [0.05, 0.1) is 5.60 Å². The number of aliphatic hydroxyl groups is 1. The molecule has 0 amide bonds. The van der Waals surface area contributed by atoms with Gasteiger partial charge < -0.3 is 5.11 Å². The van der Waals surface area contributed by atoms with Crippen LogP contribution in [0, 0.1) is 5.92 Å². The second-order valence-corrected chi connectivity index (χ2v) is 6.04. The fourth-order valence-electron chi connectivity index (χ4n) is 2.04. The Morgan fingerprint density at radius 3 is 2.95 bits per heavy atom. The molecule has 0 radical (unpaired) electrons. The van der Waals surface area contributed by atoms with E-state index in [4.69, 9.17) is 0 Å². The molecule has 0 saturated carbocycles. The van der Waals surface area contributed by atoms with Gasteiger partial charge >= 0.3 is 0 Å². The van der Waals surface area contributed by atoms with Crippen LogP contribution in [-0.4, -0.2) is 10.7 Å². The minimum Gasteiger partial charge on any atom is -0.389 e. The lowest BCUT2D eigenvalue weighted by molar-refractivity contribution is 0.0257. The highest BCUT2D eigenvalue weighted by molar-refractivity contribution is 7.84. The molecule has 20 heavy (non-hydrogen) atoms. The molecule has 2 atom stereocenters. The highest BCUT2D eigenvalue weighted by Gasteiger charge is 2.27. The van der Waals surface area contributed by atoms with E-state index in [0.29, 0.717) is 6.42 Å². The van der Waals surface area contributed by atoms with Gasteiger partial charge in [0.15, 0.2) is 0 Å². The first-order valence-electron chi connectivity index (χ1n) is 7.27. The largest absolute Gasteiger partial charge is 0.389 e. The van der Waals surface area contributed by atoms with Crippen LogP contribution in [0.25, 0.3) is 0 Å². The lowest BCUT2D eigenvalue weighted by atomic mass is 9.84. The monoisotopic (exact) mass is 290 g/mol. The van der Waals surface area contributed by atoms with Crippen LogP contribution in [0.2, 0.25) is 0 Å². The lowest BCUT2D eigenvalue weighted by Crippen LogP contribution is -2.32. The zero-order valence-electron chi connectivity index (χ0n) is 12.7. The fourth-order valence-corrected chi connectivity index (χ4v) is 2.31. The number of hydrogen-bond donors (Lipinski definition) is 2. The predicted octanol–water partition coefficient (Wildman–Crippen LogP) is 4.99. The lowest BCUT2D eigenvalue weighted by Gasteiger charge is -2.29. The topological polar surface area (TPSA) is 20.2 Å². The second kappa shape index (κ2) is 8.33. The van der Waals surface area contributed by atoms with E-state index in [0.717, 1.165) is 17.7 Å². The standard InChI is InChI=1S/C18H26OS/c1-4-9-17(20)13-12-15(2)18(3,19)14-16-10-7-5-6-8-11-16/h5,7-13,15,19-20H,4,6,14H2,1-3H3/b13-12-,17-9+. The van der Waals surface area contributed by atoms with Gasteiger partial charge in [-0.05, 0) is 30.2 Å². The van der Waals surface area contributed by atoms with Crippen LogP contribution in [0.4, 0.5) is 0 Å². The summed E-state index contributed by atoms with van der Waals surface area (Å²) >= 11 is 4.39. The van der Waals surface area contributed by atoms with Gasteiger partial charge in [0.25, 0.3) is 0 Å². The summed E-state index contributed by atoms with van der Waals surface area (Å²) in [6.45, 7) is 6.02. The summed E-state index contributed by atoms with van der Waals surface area (Å²) < 4.78 is 0. The van der Waals surface area contributed by atoms with E-state index in [1.807, 2.05) is 26.0 Å². The Morgan fingerprint density at radius 1 is 1.50 bits per heavy atom. The van der Waals surface area contributed by atoms with E-state index >= 15 is 0 Å². The van der Waals surface area contributed by atoms with Crippen molar-refractivity contribution in [1.29, 1.82) is 0 Å². The molecule has 2 heteroatoms. The molecule has 1 N–H and O–H groups in total. The Morgan fingerprint density at radius 2 is 2.25 bits per heavy atom. The Kier molecular flexibility index (Phi) is 7.11. The summed E-state index contributed by atoms with van der Waals surface area (Å²) in [5.74, 6) is 0.0661. The van der Waals surface area contributed by atoms with Gasteiger partial charge in [-0.15, -0.1) is 12.6 Å². The summed E-state index contributed by atoms with van der Waals surface area (Å²) in [7, 11) is 0. The van der Waals surface area contributed by atoms with Gasteiger partial charge in [0.1, 0.15) is 0 Å². The highest BCUT2D eigenvalue weighted by Crippen LogP contribution is 2.27. The van der Waals surface area contributed by atoms with Crippen molar-refractivity contribution >= 4 is 12.6 Å². The van der Waals surface area contributed by atoms with Gasteiger partial charge in [-0.3, -0.25) is 0 Å². The Bertz CT molecular complexity index is 450. The average Bonchev–Trinajstić information content (AvgIpc) is 2.64. The average molecular weight is 290 g/mol. The van der Waals surface area contributed by atoms with Crippen molar-refractivity contribution in [3.05, 3.63) is 59.1 Å². The van der Waals surface area contributed by atoms with Crippen LogP contribution in [0.15, 0.2) is 59.1 Å². The first-order valence-corrected chi connectivity index (χ1v) is 7.72. The molecular weight excluding hydrogens is 264 g/mol. The summed E-state index contributed by atoms with van der Waals surface area (Å²) in [5, 5.41) is 10.7. The molecule has 2 unspecified atom stereocenters. The smallest absolute Gasteiger partial charge is 0.0719 e. The van der Waals surface area contributed by atoms with Crippen molar-refractivity contribution in [1.82, 2.24) is 0 Å². The minimum absolute atomic E-state index is 0.0661. The van der Waals surface area contributed by atoms with E-state index in [1.54, 1.807) is 0 Å². The second-order valence-electron chi connectivity index (χ2n) is 5.53. The molecule has 0 saturated heterocycles. The van der Waals surface area contributed by atoms with Crippen molar-refractivity contribution in [3.8, 4) is 0 Å². The molecule has 0 aliphatic heterocycles. The Hall–Kier alpha value is -0.990.